The van der Waals surface area contributed by atoms with E-state index in [1.54, 1.807) is 0 Å². The second kappa shape index (κ2) is 3.90. The van der Waals surface area contributed by atoms with Gasteiger partial charge in [-0.2, -0.15) is 0 Å². The van der Waals surface area contributed by atoms with Crippen LogP contribution in [0.3, 0.4) is 0 Å². The smallest absolute Gasteiger partial charge is 0.111 e. The Kier molecular flexibility index (Phi) is 3.75. The fourth-order valence-electron chi connectivity index (χ4n) is 0.111. The van der Waals surface area contributed by atoms with Crippen molar-refractivity contribution in [1.82, 2.24) is 0 Å². The van der Waals surface area contributed by atoms with Crippen molar-refractivity contribution in [3.8, 4) is 0 Å². The van der Waals surface area contributed by atoms with Crippen LogP contribution in [0, 0.1) is 0 Å². The zero-order chi connectivity index (χ0) is 5.70. The van der Waals surface area contributed by atoms with E-state index < -0.39 is 8.34 Å². The first-order valence-electron chi connectivity index (χ1n) is 1.64. The normalized spacial score (nSPS) is 10.7. The summed E-state index contributed by atoms with van der Waals surface area (Å²) in [4.78, 5) is 0. The summed E-state index contributed by atoms with van der Waals surface area (Å²) in [7, 11) is -2.93. The van der Waals surface area contributed by atoms with Gasteiger partial charge in [0.1, 0.15) is 6.61 Å². The lowest BCUT2D eigenvalue weighted by atomic mass is 10.7. The molecule has 0 aliphatic heterocycles. The highest BCUT2D eigenvalue weighted by Crippen LogP contribution is 2.21. The summed E-state index contributed by atoms with van der Waals surface area (Å²) in [6.45, 7) is 3.22. The highest BCUT2D eigenvalue weighted by atomic mass is 31.2. The van der Waals surface area contributed by atoms with E-state index in [0.29, 0.717) is 0 Å². The Hall–Kier alpha value is -0.270. The molecule has 4 heteroatoms. The SMILES string of the molecule is C=CCO[P+](=O)F. The van der Waals surface area contributed by atoms with Gasteiger partial charge in [-0.05, 0) is 0 Å². The molecular formula is C3H5FO2P+. The Labute approximate surface area is 42.0 Å². The topological polar surface area (TPSA) is 26.3 Å². The van der Waals surface area contributed by atoms with Crippen molar-refractivity contribution in [3.63, 3.8) is 0 Å². The van der Waals surface area contributed by atoms with Crippen LogP contribution in [0.2, 0.25) is 0 Å². The van der Waals surface area contributed by atoms with Crippen molar-refractivity contribution in [2.75, 3.05) is 6.61 Å². The standard InChI is InChI=1S/C3H5FO2P/c1-2-3-6-7(4)5/h2H,1,3H2/q+1. The van der Waals surface area contributed by atoms with Gasteiger partial charge in [-0.1, -0.05) is 6.08 Å². The maximum absolute atomic E-state index is 11.1. The van der Waals surface area contributed by atoms with E-state index >= 15 is 0 Å². The van der Waals surface area contributed by atoms with E-state index in [0.717, 1.165) is 0 Å². The van der Waals surface area contributed by atoms with Gasteiger partial charge in [-0.3, -0.25) is 0 Å². The minimum Gasteiger partial charge on any atom is -0.111 e. The molecule has 0 aromatic rings. The van der Waals surface area contributed by atoms with Gasteiger partial charge in [0.05, 0.1) is 4.20 Å². The van der Waals surface area contributed by atoms with E-state index in [4.69, 9.17) is 0 Å². The molecule has 0 aromatic carbocycles. The number of hydrogen-bond donors (Lipinski definition) is 0. The monoisotopic (exact) mass is 123 g/mol. The predicted octanol–water partition coefficient (Wildman–Crippen LogP) is 1.82. The highest BCUT2D eigenvalue weighted by Gasteiger charge is 2.12. The summed E-state index contributed by atoms with van der Waals surface area (Å²) in [5.41, 5.74) is 0. The van der Waals surface area contributed by atoms with Gasteiger partial charge >= 0.3 is 8.34 Å². The first-order valence-corrected chi connectivity index (χ1v) is 2.71. The molecule has 7 heavy (non-hydrogen) atoms. The van der Waals surface area contributed by atoms with Crippen LogP contribution in [0.15, 0.2) is 12.7 Å². The minimum absolute atomic E-state index is 0.00566. The van der Waals surface area contributed by atoms with Crippen LogP contribution >= 0.6 is 8.34 Å². The zero-order valence-electron chi connectivity index (χ0n) is 3.63. The second-order valence-corrected chi connectivity index (χ2v) is 1.48. The van der Waals surface area contributed by atoms with Crippen molar-refractivity contribution in [2.45, 2.75) is 0 Å². The third kappa shape index (κ3) is 5.73. The van der Waals surface area contributed by atoms with Gasteiger partial charge in [0.2, 0.25) is 0 Å². The van der Waals surface area contributed by atoms with Gasteiger partial charge in [0, 0.05) is 4.57 Å². The van der Waals surface area contributed by atoms with Gasteiger partial charge < -0.3 is 0 Å². The number of rotatable bonds is 3. The summed E-state index contributed by atoms with van der Waals surface area (Å²) < 4.78 is 24.5. The third-order valence-electron chi connectivity index (χ3n) is 0.294. The Morgan fingerprint density at radius 1 is 2.00 bits per heavy atom. The van der Waals surface area contributed by atoms with E-state index in [9.17, 15) is 8.76 Å². The van der Waals surface area contributed by atoms with Crippen LogP contribution in [-0.4, -0.2) is 6.61 Å². The van der Waals surface area contributed by atoms with Gasteiger partial charge in [0.15, 0.2) is 0 Å². The molecule has 0 radical (unpaired) electrons. The van der Waals surface area contributed by atoms with Crippen molar-refractivity contribution in [3.05, 3.63) is 12.7 Å². The van der Waals surface area contributed by atoms with Crippen molar-refractivity contribution >= 4 is 8.34 Å². The fourth-order valence-corrected chi connectivity index (χ4v) is 0.334. The molecule has 1 atom stereocenters. The molecule has 0 amide bonds. The Morgan fingerprint density at radius 3 is 2.71 bits per heavy atom. The molecule has 0 N–H and O–H groups in total. The largest absolute Gasteiger partial charge is 0.746 e. The molecule has 0 aliphatic rings. The van der Waals surface area contributed by atoms with Crippen LogP contribution in [0.1, 0.15) is 0 Å². The lowest BCUT2D eigenvalue weighted by Gasteiger charge is -1.69. The summed E-state index contributed by atoms with van der Waals surface area (Å²) in [6, 6.07) is 0. The maximum atomic E-state index is 11.1. The molecule has 0 rings (SSSR count). The van der Waals surface area contributed by atoms with Crippen molar-refractivity contribution in [1.29, 1.82) is 0 Å². The molecule has 0 fully saturated rings. The van der Waals surface area contributed by atoms with E-state index in [2.05, 4.69) is 11.1 Å². The van der Waals surface area contributed by atoms with E-state index in [1.165, 1.54) is 6.08 Å². The first-order chi connectivity index (χ1) is 3.27. The van der Waals surface area contributed by atoms with E-state index in [-0.39, 0.29) is 6.61 Å². The highest BCUT2D eigenvalue weighted by molar-refractivity contribution is 7.32. The molecule has 0 saturated carbocycles. The molecule has 0 bridgehead atoms. The second-order valence-electron chi connectivity index (χ2n) is 0.797. The Morgan fingerprint density at radius 2 is 2.57 bits per heavy atom. The first kappa shape index (κ1) is 6.73. The van der Waals surface area contributed by atoms with E-state index in [1.807, 2.05) is 0 Å². The van der Waals surface area contributed by atoms with Crippen molar-refractivity contribution in [2.24, 2.45) is 0 Å². The summed E-state index contributed by atoms with van der Waals surface area (Å²) in [6.07, 6.45) is 1.33. The third-order valence-corrected chi connectivity index (χ3v) is 0.646. The van der Waals surface area contributed by atoms with Crippen LogP contribution in [0.5, 0.6) is 0 Å². The molecule has 0 aromatic heterocycles. The molecule has 0 heterocycles. The quantitative estimate of drug-likeness (QED) is 0.422. The molecule has 2 nitrogen and oxygen atoms in total. The molecule has 40 valence electrons. The molecule has 1 unspecified atom stereocenters. The minimum atomic E-state index is -2.93. The van der Waals surface area contributed by atoms with Gasteiger partial charge in [-0.25, -0.2) is 0 Å². The van der Waals surface area contributed by atoms with Gasteiger partial charge in [-0.15, -0.1) is 11.1 Å². The lowest BCUT2D eigenvalue weighted by Crippen LogP contribution is -1.73. The lowest BCUT2D eigenvalue weighted by molar-refractivity contribution is 0.343. The van der Waals surface area contributed by atoms with Crippen LogP contribution < -0.4 is 0 Å². The molecule has 0 saturated heterocycles. The molecular weight excluding hydrogens is 118 g/mol. The summed E-state index contributed by atoms with van der Waals surface area (Å²) in [5.74, 6) is 0. The molecule has 0 aliphatic carbocycles. The van der Waals surface area contributed by atoms with Gasteiger partial charge in [0.25, 0.3) is 0 Å². The van der Waals surface area contributed by atoms with Crippen LogP contribution in [-0.2, 0) is 9.09 Å². The fraction of sp³-hybridized carbons (Fsp3) is 0.333. The summed E-state index contributed by atoms with van der Waals surface area (Å²) >= 11 is 0. The maximum Gasteiger partial charge on any atom is 0.746 e. The predicted molar refractivity (Wildman–Crippen MR) is 24.9 cm³/mol. The average molecular weight is 123 g/mol. The van der Waals surface area contributed by atoms with Crippen molar-refractivity contribution < 1.29 is 13.3 Å². The Bertz CT molecular complexity index is 83.0. The number of hydrogen-bond acceptors (Lipinski definition) is 2. The average Bonchev–Trinajstić information content (AvgIpc) is 1.61. The van der Waals surface area contributed by atoms with Crippen LogP contribution in [0.25, 0.3) is 0 Å². The Balaban J connectivity index is 2.97. The summed E-state index contributed by atoms with van der Waals surface area (Å²) in [5, 5.41) is 0. The number of halogens is 1. The zero-order valence-corrected chi connectivity index (χ0v) is 4.53. The van der Waals surface area contributed by atoms with Crippen LogP contribution in [0.4, 0.5) is 4.20 Å². The molecule has 0 spiro atoms.